The third-order valence-electron chi connectivity index (χ3n) is 4.10. The minimum atomic E-state index is -4.22. The number of halogens is 4. The van der Waals surface area contributed by atoms with Crippen LogP contribution in [0.5, 0.6) is 0 Å². The number of nitrogens with one attached hydrogen (secondary N) is 1. The molecule has 0 aliphatic rings. The number of aryl methyl sites for hydroxylation is 1. The van der Waals surface area contributed by atoms with Gasteiger partial charge in [-0.05, 0) is 43.3 Å². The molecule has 3 rings (SSSR count). The molecule has 0 radical (unpaired) electrons. The number of benzene rings is 2. The number of pyridine rings is 1. The van der Waals surface area contributed by atoms with Crippen molar-refractivity contribution in [2.75, 3.05) is 24.2 Å². The summed E-state index contributed by atoms with van der Waals surface area (Å²) in [5.74, 6) is 0.237. The molecule has 10 heteroatoms. The van der Waals surface area contributed by atoms with Gasteiger partial charge in [0.2, 0.25) is 0 Å². The number of amides is 1. The molecule has 32 heavy (non-hydrogen) atoms. The molecular weight excluding hydrogens is 447 g/mol. The smallest absolute Gasteiger partial charge is 0.368 e. The second-order valence-electron chi connectivity index (χ2n) is 6.48. The fourth-order valence-electron chi connectivity index (χ4n) is 2.56. The maximum atomic E-state index is 12.5. The molecule has 0 bridgehead atoms. The van der Waals surface area contributed by atoms with Crippen LogP contribution in [-0.4, -0.2) is 29.8 Å². The number of hydrogen-bond acceptors (Lipinski definition) is 5. The highest BCUT2D eigenvalue weighted by Gasteiger charge is 2.29. The van der Waals surface area contributed by atoms with Crippen molar-refractivity contribution in [3.63, 3.8) is 0 Å². The quantitative estimate of drug-likeness (QED) is 0.392. The van der Waals surface area contributed by atoms with E-state index in [0.29, 0.717) is 27.7 Å². The summed E-state index contributed by atoms with van der Waals surface area (Å²) in [6, 6.07) is 15.2. The summed E-state index contributed by atoms with van der Waals surface area (Å²) in [6.07, 6.45) is -2.61. The Balaban J connectivity index is 0.000000278. The number of hydrogen-bond donors (Lipinski definition) is 2. The number of nitrogens with zero attached hydrogens (tertiary/aromatic N) is 2. The number of aliphatic hydroxyl groups is 1. The van der Waals surface area contributed by atoms with Gasteiger partial charge in [-0.3, -0.25) is 15.2 Å². The third-order valence-corrected chi connectivity index (χ3v) is 4.34. The monoisotopic (exact) mass is 467 g/mol. The normalized spacial score (nSPS) is 10.7. The fraction of sp³-hybridized carbons (Fsp3) is 0.182. The van der Waals surface area contributed by atoms with Crippen LogP contribution in [0.2, 0.25) is 5.02 Å². The topological polar surface area (TPSA) is 74.7 Å². The Labute approximate surface area is 188 Å². The Bertz CT molecular complexity index is 1030. The lowest BCUT2D eigenvalue weighted by Crippen LogP contribution is -2.27. The van der Waals surface area contributed by atoms with Gasteiger partial charge in [0.15, 0.2) is 6.79 Å². The van der Waals surface area contributed by atoms with Crippen molar-refractivity contribution in [2.24, 2.45) is 0 Å². The Morgan fingerprint density at radius 3 is 2.47 bits per heavy atom. The number of aromatic nitrogens is 1. The van der Waals surface area contributed by atoms with Gasteiger partial charge in [-0.15, -0.1) is 0 Å². The van der Waals surface area contributed by atoms with Crippen LogP contribution in [0.4, 0.5) is 24.7 Å². The van der Waals surface area contributed by atoms with Crippen LogP contribution in [0.3, 0.4) is 0 Å². The van der Waals surface area contributed by atoms with E-state index in [1.165, 1.54) is 17.0 Å². The van der Waals surface area contributed by atoms with Crippen molar-refractivity contribution in [2.45, 2.75) is 13.1 Å². The van der Waals surface area contributed by atoms with Crippen LogP contribution >= 0.6 is 11.6 Å². The Morgan fingerprint density at radius 2 is 1.91 bits per heavy atom. The van der Waals surface area contributed by atoms with E-state index in [0.717, 1.165) is 12.1 Å². The summed E-state index contributed by atoms with van der Waals surface area (Å²) in [5, 5.41) is 9.13. The Morgan fingerprint density at radius 1 is 1.16 bits per heavy atom. The number of carbonyl (C=O) groups is 1. The van der Waals surface area contributed by atoms with Gasteiger partial charge in [0.25, 0.3) is 5.91 Å². The van der Waals surface area contributed by atoms with E-state index in [-0.39, 0.29) is 5.91 Å². The average molecular weight is 468 g/mol. The molecule has 2 N–H and O–H groups in total. The summed E-state index contributed by atoms with van der Waals surface area (Å²) in [6.45, 7) is 1.10. The number of aliphatic hydroxyl groups excluding tert-OH is 1. The predicted molar refractivity (Wildman–Crippen MR) is 116 cm³/mol. The lowest BCUT2D eigenvalue weighted by Gasteiger charge is -2.18. The predicted octanol–water partition coefficient (Wildman–Crippen LogP) is 5.32. The van der Waals surface area contributed by atoms with Crippen molar-refractivity contribution in [1.29, 1.82) is 0 Å². The van der Waals surface area contributed by atoms with Crippen LogP contribution in [0.15, 0.2) is 66.9 Å². The first-order valence-corrected chi connectivity index (χ1v) is 9.62. The van der Waals surface area contributed by atoms with E-state index in [4.69, 9.17) is 21.5 Å². The maximum absolute atomic E-state index is 12.5. The largest absolute Gasteiger partial charge is 0.416 e. The summed E-state index contributed by atoms with van der Waals surface area (Å²) in [7, 11) is 1.62. The zero-order chi connectivity index (χ0) is 23.7. The average Bonchev–Trinajstić information content (AvgIpc) is 2.77. The molecule has 2 aromatic carbocycles. The maximum Gasteiger partial charge on any atom is 0.416 e. The summed E-state index contributed by atoms with van der Waals surface area (Å²) in [4.78, 5) is 22.8. The molecular formula is C22H21ClF3N3O3. The van der Waals surface area contributed by atoms with Crippen LogP contribution in [0.25, 0.3) is 0 Å². The zero-order valence-corrected chi connectivity index (χ0v) is 18.0. The second kappa shape index (κ2) is 11.5. The van der Waals surface area contributed by atoms with Gasteiger partial charge in [0.1, 0.15) is 5.82 Å². The van der Waals surface area contributed by atoms with Gasteiger partial charge < -0.3 is 5.11 Å². The van der Waals surface area contributed by atoms with Crippen LogP contribution in [0, 0.1) is 6.92 Å². The lowest BCUT2D eigenvalue weighted by atomic mass is 10.1. The first-order chi connectivity index (χ1) is 15.1. The van der Waals surface area contributed by atoms with Gasteiger partial charge in [0, 0.05) is 18.3 Å². The van der Waals surface area contributed by atoms with Gasteiger partial charge in [-0.25, -0.2) is 9.82 Å². The molecule has 1 amide bonds. The van der Waals surface area contributed by atoms with Crippen molar-refractivity contribution >= 4 is 29.0 Å². The van der Waals surface area contributed by atoms with E-state index in [1.807, 2.05) is 0 Å². The molecule has 0 fully saturated rings. The van der Waals surface area contributed by atoms with Crippen molar-refractivity contribution in [3.8, 4) is 0 Å². The van der Waals surface area contributed by atoms with Crippen molar-refractivity contribution < 1.29 is 27.9 Å². The van der Waals surface area contributed by atoms with Crippen molar-refractivity contribution in [1.82, 2.24) is 4.98 Å². The highest BCUT2D eigenvalue weighted by atomic mass is 35.5. The molecule has 6 nitrogen and oxygen atoms in total. The first-order valence-electron chi connectivity index (χ1n) is 9.24. The number of rotatable bonds is 5. The van der Waals surface area contributed by atoms with Gasteiger partial charge in [-0.1, -0.05) is 41.4 Å². The number of carbonyl (C=O) groups excluding carboxylic acids is 1. The minimum absolute atomic E-state index is 0.283. The second-order valence-corrected chi connectivity index (χ2v) is 6.92. The molecule has 0 saturated heterocycles. The molecule has 1 aromatic heterocycles. The summed E-state index contributed by atoms with van der Waals surface area (Å²) in [5.41, 5.74) is 3.24. The fourth-order valence-corrected chi connectivity index (χ4v) is 2.73. The minimum Gasteiger partial charge on any atom is -0.368 e. The van der Waals surface area contributed by atoms with Crippen molar-refractivity contribution in [3.05, 3.63) is 88.6 Å². The van der Waals surface area contributed by atoms with E-state index in [2.05, 4.69) is 10.5 Å². The SMILES string of the molecule is CN(C(=O)c1ccc(Cl)cc1NOCO)c1ccccn1.Cc1cccc(C(F)(F)F)c1. The van der Waals surface area contributed by atoms with E-state index < -0.39 is 18.5 Å². The van der Waals surface area contributed by atoms with Gasteiger partial charge in [0.05, 0.1) is 16.8 Å². The molecule has 0 spiro atoms. The van der Waals surface area contributed by atoms with E-state index >= 15 is 0 Å². The molecule has 0 unspecified atom stereocenters. The Kier molecular flexibility index (Phi) is 9.01. The highest BCUT2D eigenvalue weighted by molar-refractivity contribution is 6.31. The first kappa shape index (κ1) is 25.1. The van der Waals surface area contributed by atoms with Gasteiger partial charge in [-0.2, -0.15) is 13.2 Å². The lowest BCUT2D eigenvalue weighted by molar-refractivity contribution is -0.137. The Hall–Kier alpha value is -3.14. The molecule has 0 aliphatic carbocycles. The number of anilines is 2. The summed E-state index contributed by atoms with van der Waals surface area (Å²) < 4.78 is 35.9. The summed E-state index contributed by atoms with van der Waals surface area (Å²) >= 11 is 5.90. The molecule has 0 atom stereocenters. The molecule has 0 saturated carbocycles. The standard InChI is InChI=1S/C14H14ClN3O3.C8H7F3/c1-18(13-4-2-3-7-16-13)14(20)11-6-5-10(15)8-12(11)17-21-9-19;1-6-3-2-4-7(5-6)8(9,10)11/h2-8,17,19H,9H2,1H3;2-5H,1H3. The third kappa shape index (κ3) is 7.23. The van der Waals surface area contributed by atoms with E-state index in [1.54, 1.807) is 56.6 Å². The van der Waals surface area contributed by atoms with Crippen LogP contribution < -0.4 is 10.4 Å². The van der Waals surface area contributed by atoms with Crippen LogP contribution in [0.1, 0.15) is 21.5 Å². The molecule has 1 heterocycles. The molecule has 0 aliphatic heterocycles. The number of alkyl halides is 3. The van der Waals surface area contributed by atoms with Gasteiger partial charge >= 0.3 is 6.18 Å². The van der Waals surface area contributed by atoms with E-state index in [9.17, 15) is 18.0 Å². The molecule has 3 aromatic rings. The van der Waals surface area contributed by atoms with Crippen LogP contribution in [-0.2, 0) is 11.0 Å². The zero-order valence-electron chi connectivity index (χ0n) is 17.2. The highest BCUT2D eigenvalue weighted by Crippen LogP contribution is 2.29. The molecule has 170 valence electrons.